The van der Waals surface area contributed by atoms with Crippen molar-refractivity contribution in [1.29, 1.82) is 0 Å². The number of fused-ring (bicyclic) bond motifs is 2. The molecular formula is C24H33NOS2. The third kappa shape index (κ3) is 5.87. The van der Waals surface area contributed by atoms with Crippen LogP contribution in [-0.4, -0.2) is 11.5 Å². The quantitative estimate of drug-likeness (QED) is 0.235. The maximum atomic E-state index is 6.49. The Bertz CT molecular complexity index is 686. The first-order valence-corrected chi connectivity index (χ1v) is 12.8. The zero-order valence-corrected chi connectivity index (χ0v) is 18.9. The highest BCUT2D eigenvalue weighted by Crippen LogP contribution is 2.50. The van der Waals surface area contributed by atoms with Crippen molar-refractivity contribution >= 4 is 34.9 Å². The van der Waals surface area contributed by atoms with Gasteiger partial charge in [-0.1, -0.05) is 64.5 Å². The molecule has 2 nitrogen and oxygen atoms in total. The van der Waals surface area contributed by atoms with Gasteiger partial charge in [0.1, 0.15) is 0 Å². The lowest BCUT2D eigenvalue weighted by atomic mass is 10.2. The minimum atomic E-state index is 0.995. The second-order valence-electron chi connectivity index (χ2n) is 7.31. The van der Waals surface area contributed by atoms with Crippen molar-refractivity contribution < 1.29 is 4.74 Å². The van der Waals surface area contributed by atoms with Gasteiger partial charge in [0.05, 0.1) is 21.2 Å². The Morgan fingerprint density at radius 1 is 0.679 bits per heavy atom. The number of rotatable bonds is 12. The lowest BCUT2D eigenvalue weighted by molar-refractivity contribution is 0.458. The van der Waals surface area contributed by atoms with Crippen LogP contribution in [0.1, 0.15) is 65.2 Å². The number of thioether (sulfide) groups is 2. The molecule has 152 valence electrons. The minimum absolute atomic E-state index is 0.995. The molecule has 2 aromatic carbocycles. The number of ether oxygens (including phenoxy) is 1. The number of benzene rings is 2. The van der Waals surface area contributed by atoms with Crippen LogP contribution < -0.4 is 10.1 Å². The van der Waals surface area contributed by atoms with Crippen LogP contribution in [0.5, 0.6) is 11.5 Å². The summed E-state index contributed by atoms with van der Waals surface area (Å²) in [4.78, 5) is 2.49. The molecule has 0 radical (unpaired) electrons. The van der Waals surface area contributed by atoms with E-state index in [4.69, 9.17) is 4.74 Å². The molecule has 0 bridgehead atoms. The molecule has 0 saturated carbocycles. The average Bonchev–Trinajstić information content (AvgIpc) is 2.72. The van der Waals surface area contributed by atoms with E-state index in [0.717, 1.165) is 34.4 Å². The van der Waals surface area contributed by atoms with Crippen LogP contribution in [0.4, 0.5) is 11.4 Å². The fourth-order valence-corrected chi connectivity index (χ4v) is 5.39. The van der Waals surface area contributed by atoms with Gasteiger partial charge in [-0.2, -0.15) is 0 Å². The van der Waals surface area contributed by atoms with Crippen molar-refractivity contribution in [1.82, 2.24) is 0 Å². The van der Waals surface area contributed by atoms with Crippen LogP contribution >= 0.6 is 23.5 Å². The maximum absolute atomic E-state index is 6.49. The molecule has 0 spiro atoms. The Morgan fingerprint density at radius 3 is 1.64 bits per heavy atom. The zero-order valence-electron chi connectivity index (χ0n) is 17.3. The first-order valence-electron chi connectivity index (χ1n) is 10.8. The van der Waals surface area contributed by atoms with E-state index in [9.17, 15) is 0 Å². The van der Waals surface area contributed by atoms with E-state index in [0.29, 0.717) is 0 Å². The highest BCUT2D eigenvalue weighted by Gasteiger charge is 2.22. The van der Waals surface area contributed by atoms with E-state index in [2.05, 4.69) is 55.6 Å². The molecule has 2 aromatic rings. The topological polar surface area (TPSA) is 21.3 Å². The third-order valence-electron chi connectivity index (χ3n) is 4.94. The molecule has 0 fully saturated rings. The molecule has 1 heterocycles. The number of anilines is 2. The average molecular weight is 416 g/mol. The Labute approximate surface area is 179 Å². The van der Waals surface area contributed by atoms with Crippen molar-refractivity contribution in [2.24, 2.45) is 0 Å². The molecule has 0 atom stereocenters. The predicted octanol–water partition coefficient (Wildman–Crippen LogP) is 8.88. The van der Waals surface area contributed by atoms with Gasteiger partial charge in [-0.15, -0.1) is 23.5 Å². The SMILES string of the molecule is CCCCCCSc1cccc2c1Oc1c(cccc1SCCCCCC)N2. The van der Waals surface area contributed by atoms with Crippen molar-refractivity contribution in [3.05, 3.63) is 36.4 Å². The third-order valence-corrected chi connectivity index (χ3v) is 7.19. The van der Waals surface area contributed by atoms with Gasteiger partial charge in [0.25, 0.3) is 0 Å². The Balaban J connectivity index is 1.66. The van der Waals surface area contributed by atoms with E-state index in [1.807, 2.05) is 23.5 Å². The maximum Gasteiger partial charge on any atom is 0.164 e. The number of para-hydroxylation sites is 2. The Kier molecular flexibility index (Phi) is 8.94. The fourth-order valence-electron chi connectivity index (χ4n) is 3.34. The van der Waals surface area contributed by atoms with E-state index in [-0.39, 0.29) is 0 Å². The highest BCUT2D eigenvalue weighted by molar-refractivity contribution is 7.99. The van der Waals surface area contributed by atoms with Crippen LogP contribution in [0.2, 0.25) is 0 Å². The minimum Gasteiger partial charge on any atom is -0.451 e. The van der Waals surface area contributed by atoms with E-state index in [1.165, 1.54) is 61.2 Å². The molecular weight excluding hydrogens is 382 g/mol. The molecule has 1 aliphatic rings. The Morgan fingerprint density at radius 2 is 1.18 bits per heavy atom. The first kappa shape index (κ1) is 21.4. The number of nitrogens with one attached hydrogen (secondary N) is 1. The smallest absolute Gasteiger partial charge is 0.164 e. The summed E-state index contributed by atoms with van der Waals surface area (Å²) in [5, 5.41) is 3.59. The second-order valence-corrected chi connectivity index (χ2v) is 9.58. The lowest BCUT2D eigenvalue weighted by Crippen LogP contribution is -2.05. The molecule has 1 N–H and O–H groups in total. The van der Waals surface area contributed by atoms with Crippen molar-refractivity contribution in [2.75, 3.05) is 16.8 Å². The monoisotopic (exact) mass is 415 g/mol. The van der Waals surface area contributed by atoms with Gasteiger partial charge >= 0.3 is 0 Å². The summed E-state index contributed by atoms with van der Waals surface area (Å²) in [7, 11) is 0. The van der Waals surface area contributed by atoms with E-state index < -0.39 is 0 Å². The predicted molar refractivity (Wildman–Crippen MR) is 126 cm³/mol. The van der Waals surface area contributed by atoms with Gasteiger partial charge in [-0.25, -0.2) is 0 Å². The summed E-state index contributed by atoms with van der Waals surface area (Å²) < 4.78 is 6.49. The zero-order chi connectivity index (χ0) is 19.6. The number of hydrogen-bond acceptors (Lipinski definition) is 4. The van der Waals surface area contributed by atoms with Crippen LogP contribution in [0, 0.1) is 0 Å². The van der Waals surface area contributed by atoms with Crippen molar-refractivity contribution in [3.63, 3.8) is 0 Å². The van der Waals surface area contributed by atoms with Gasteiger partial charge in [-0.3, -0.25) is 0 Å². The molecule has 0 unspecified atom stereocenters. The van der Waals surface area contributed by atoms with Gasteiger partial charge in [0.2, 0.25) is 0 Å². The molecule has 0 amide bonds. The van der Waals surface area contributed by atoms with Crippen LogP contribution in [0.25, 0.3) is 0 Å². The molecule has 0 aliphatic carbocycles. The lowest BCUT2D eigenvalue weighted by Gasteiger charge is -2.25. The summed E-state index contributed by atoms with van der Waals surface area (Å²) in [5.74, 6) is 4.30. The summed E-state index contributed by atoms with van der Waals surface area (Å²) in [6, 6.07) is 12.9. The van der Waals surface area contributed by atoms with E-state index in [1.54, 1.807) is 0 Å². The molecule has 0 aromatic heterocycles. The summed E-state index contributed by atoms with van der Waals surface area (Å²) in [5.41, 5.74) is 2.16. The van der Waals surface area contributed by atoms with E-state index >= 15 is 0 Å². The van der Waals surface area contributed by atoms with Crippen LogP contribution in [0.15, 0.2) is 46.2 Å². The normalized spacial score (nSPS) is 12.1. The molecule has 28 heavy (non-hydrogen) atoms. The van der Waals surface area contributed by atoms with Gasteiger partial charge < -0.3 is 10.1 Å². The fraction of sp³-hybridized carbons (Fsp3) is 0.500. The largest absolute Gasteiger partial charge is 0.451 e. The number of unbranched alkanes of at least 4 members (excludes halogenated alkanes) is 6. The van der Waals surface area contributed by atoms with Crippen molar-refractivity contribution in [3.8, 4) is 11.5 Å². The van der Waals surface area contributed by atoms with Crippen LogP contribution in [-0.2, 0) is 0 Å². The standard InChI is InChI=1S/C24H33NOS2/c1-3-5-7-9-17-27-21-15-11-13-19-23(21)26-24-20(25-19)14-12-16-22(24)28-18-10-8-6-4-2/h11-16,25H,3-10,17-18H2,1-2H3. The summed E-state index contributed by atoms with van der Waals surface area (Å²) in [6.07, 6.45) is 10.4. The van der Waals surface area contributed by atoms with Crippen LogP contribution in [0.3, 0.4) is 0 Å². The molecule has 1 aliphatic heterocycles. The molecule has 3 rings (SSSR count). The molecule has 0 saturated heterocycles. The Hall–Kier alpha value is -1.26. The first-order chi connectivity index (χ1) is 13.8. The number of hydrogen-bond donors (Lipinski definition) is 1. The summed E-state index contributed by atoms with van der Waals surface area (Å²) in [6.45, 7) is 4.52. The van der Waals surface area contributed by atoms with Gasteiger partial charge in [0.15, 0.2) is 11.5 Å². The van der Waals surface area contributed by atoms with Crippen molar-refractivity contribution in [2.45, 2.75) is 75.0 Å². The molecule has 4 heteroatoms. The second kappa shape index (κ2) is 11.7. The summed E-state index contributed by atoms with van der Waals surface area (Å²) >= 11 is 3.84. The van der Waals surface area contributed by atoms with Gasteiger partial charge in [-0.05, 0) is 48.6 Å². The van der Waals surface area contributed by atoms with Gasteiger partial charge in [0, 0.05) is 0 Å². The highest BCUT2D eigenvalue weighted by atomic mass is 32.2.